The number of amides is 2. The Hall–Kier alpha value is -2.02. The van der Waals surface area contributed by atoms with Gasteiger partial charge in [0.05, 0.1) is 5.71 Å². The fourth-order valence-electron chi connectivity index (χ4n) is 1.93. The second kappa shape index (κ2) is 5.77. The van der Waals surface area contributed by atoms with Crippen LogP contribution in [-0.2, 0) is 9.59 Å². The first-order valence-electron chi connectivity index (χ1n) is 6.12. The van der Waals surface area contributed by atoms with Crippen LogP contribution in [-0.4, -0.2) is 22.9 Å². The Labute approximate surface area is 124 Å². The Bertz CT molecular complexity index is 596. The number of halogens is 3. The minimum Gasteiger partial charge on any atom is -0.320 e. The summed E-state index contributed by atoms with van der Waals surface area (Å²) in [5.74, 6) is -1.79. The van der Waals surface area contributed by atoms with Gasteiger partial charge in [0.15, 0.2) is 0 Å². The van der Waals surface area contributed by atoms with E-state index in [1.165, 1.54) is 12.1 Å². The quantitative estimate of drug-likeness (QED) is 0.840. The molecule has 0 aliphatic carbocycles. The van der Waals surface area contributed by atoms with E-state index < -0.39 is 11.3 Å². The highest BCUT2D eigenvalue weighted by molar-refractivity contribution is 6.33. The van der Waals surface area contributed by atoms with Crippen molar-refractivity contribution in [2.45, 2.75) is 18.7 Å². The molecule has 0 aromatic heterocycles. The Morgan fingerprint density at radius 2 is 2.05 bits per heavy atom. The molecule has 0 fully saturated rings. The second-order valence-electron chi connectivity index (χ2n) is 4.67. The van der Waals surface area contributed by atoms with Gasteiger partial charge in [0.2, 0.25) is 5.91 Å². The van der Waals surface area contributed by atoms with Crippen molar-refractivity contribution in [2.75, 3.05) is 5.32 Å². The molecule has 112 valence electrons. The van der Waals surface area contributed by atoms with Gasteiger partial charge in [-0.2, -0.15) is 13.9 Å². The normalized spacial score (nSPS) is 18.8. The number of carbonyl (C=O) groups is 2. The second-order valence-corrected chi connectivity index (χ2v) is 5.14. The van der Waals surface area contributed by atoms with Crippen LogP contribution < -0.4 is 10.7 Å². The van der Waals surface area contributed by atoms with E-state index in [0.29, 0.717) is 12.1 Å². The van der Waals surface area contributed by atoms with Crippen LogP contribution in [0.1, 0.15) is 18.9 Å². The lowest BCUT2D eigenvalue weighted by molar-refractivity contribution is -0.130. The van der Waals surface area contributed by atoms with E-state index in [9.17, 15) is 18.4 Å². The van der Waals surface area contributed by atoms with Crippen molar-refractivity contribution < 1.29 is 18.4 Å². The van der Waals surface area contributed by atoms with Crippen molar-refractivity contribution in [1.82, 2.24) is 5.43 Å². The first kappa shape index (κ1) is 15.4. The molecule has 2 N–H and O–H groups in total. The summed E-state index contributed by atoms with van der Waals surface area (Å²) in [7, 11) is 0. The molecule has 2 rings (SSSR count). The van der Waals surface area contributed by atoms with Gasteiger partial charge < -0.3 is 5.32 Å². The highest BCUT2D eigenvalue weighted by Gasteiger charge is 2.35. The van der Waals surface area contributed by atoms with Crippen LogP contribution >= 0.6 is 11.6 Å². The molecule has 0 saturated carbocycles. The summed E-state index contributed by atoms with van der Waals surface area (Å²) in [5.41, 5.74) is 4.01. The van der Waals surface area contributed by atoms with Crippen LogP contribution in [0.3, 0.4) is 0 Å². The van der Waals surface area contributed by atoms with Crippen LogP contribution in [0.4, 0.5) is 14.5 Å². The van der Waals surface area contributed by atoms with Crippen molar-refractivity contribution in [1.29, 1.82) is 0 Å². The standard InChI is InChI=1S/C13H12ClF2N3O2/c1-7-6-10(20)18-19-11(7)8-2-4-9(5-3-8)17-12(21)13(14,15)16/h2-5,7H,6H2,1H3,(H,17,21)(H,18,20). The number of rotatable bonds is 3. The number of benzene rings is 1. The predicted octanol–water partition coefficient (Wildman–Crippen LogP) is 2.32. The average Bonchev–Trinajstić information content (AvgIpc) is 2.39. The van der Waals surface area contributed by atoms with Gasteiger partial charge in [-0.1, -0.05) is 19.1 Å². The minimum absolute atomic E-state index is 0.0497. The number of nitrogens with one attached hydrogen (secondary N) is 2. The largest absolute Gasteiger partial charge is 0.400 e. The van der Waals surface area contributed by atoms with Crippen molar-refractivity contribution in [2.24, 2.45) is 11.0 Å². The average molecular weight is 316 g/mol. The van der Waals surface area contributed by atoms with Crippen LogP contribution in [0.2, 0.25) is 0 Å². The molecule has 8 heteroatoms. The van der Waals surface area contributed by atoms with Gasteiger partial charge in [-0.15, -0.1) is 0 Å². The van der Waals surface area contributed by atoms with E-state index in [1.807, 2.05) is 12.2 Å². The van der Waals surface area contributed by atoms with E-state index in [2.05, 4.69) is 22.1 Å². The van der Waals surface area contributed by atoms with E-state index in [4.69, 9.17) is 0 Å². The highest BCUT2D eigenvalue weighted by Crippen LogP contribution is 2.22. The number of hydrogen-bond donors (Lipinski definition) is 2. The zero-order chi connectivity index (χ0) is 15.6. The number of alkyl halides is 3. The molecular weight excluding hydrogens is 304 g/mol. The van der Waals surface area contributed by atoms with Gasteiger partial charge in [-0.3, -0.25) is 9.59 Å². The molecule has 1 heterocycles. The van der Waals surface area contributed by atoms with E-state index in [0.717, 1.165) is 5.56 Å². The first-order chi connectivity index (χ1) is 9.77. The van der Waals surface area contributed by atoms with E-state index in [1.54, 1.807) is 12.1 Å². The molecule has 2 amide bonds. The molecule has 0 bridgehead atoms. The fourth-order valence-corrected chi connectivity index (χ4v) is 1.98. The number of hydrazone groups is 1. The van der Waals surface area contributed by atoms with Crippen LogP contribution in [0, 0.1) is 5.92 Å². The van der Waals surface area contributed by atoms with Gasteiger partial charge in [-0.25, -0.2) is 5.43 Å². The molecule has 0 radical (unpaired) electrons. The van der Waals surface area contributed by atoms with Gasteiger partial charge in [-0.05, 0) is 29.3 Å². The number of carbonyl (C=O) groups excluding carboxylic acids is 2. The summed E-state index contributed by atoms with van der Waals surface area (Å²) < 4.78 is 25.1. The Morgan fingerprint density at radius 3 is 2.57 bits per heavy atom. The number of nitrogens with zero attached hydrogens (tertiary/aromatic N) is 1. The molecule has 1 aromatic carbocycles. The SMILES string of the molecule is CC1CC(=O)NN=C1c1ccc(NC(=O)C(F)(F)Cl)cc1. The lowest BCUT2D eigenvalue weighted by Crippen LogP contribution is -2.32. The molecule has 1 aliphatic heterocycles. The number of hydrogen-bond acceptors (Lipinski definition) is 3. The highest BCUT2D eigenvalue weighted by atomic mass is 35.5. The lowest BCUT2D eigenvalue weighted by atomic mass is 9.94. The summed E-state index contributed by atoms with van der Waals surface area (Å²) in [5, 5.41) is 2.03. The zero-order valence-corrected chi connectivity index (χ0v) is 11.7. The van der Waals surface area contributed by atoms with Crippen LogP contribution in [0.25, 0.3) is 0 Å². The number of anilines is 1. The van der Waals surface area contributed by atoms with Gasteiger partial charge in [0.1, 0.15) is 0 Å². The molecule has 0 spiro atoms. The van der Waals surface area contributed by atoms with Crippen molar-refractivity contribution in [3.8, 4) is 0 Å². The molecule has 5 nitrogen and oxygen atoms in total. The molecular formula is C13H12ClF2N3O2. The summed E-state index contributed by atoms with van der Waals surface area (Å²) in [4.78, 5) is 22.2. The van der Waals surface area contributed by atoms with Crippen LogP contribution in [0.5, 0.6) is 0 Å². The first-order valence-corrected chi connectivity index (χ1v) is 6.50. The summed E-state index contributed by atoms with van der Waals surface area (Å²) >= 11 is 4.61. The van der Waals surface area contributed by atoms with Crippen LogP contribution in [0.15, 0.2) is 29.4 Å². The van der Waals surface area contributed by atoms with Gasteiger partial charge in [0, 0.05) is 18.0 Å². The van der Waals surface area contributed by atoms with E-state index >= 15 is 0 Å². The monoisotopic (exact) mass is 315 g/mol. The summed E-state index contributed by atoms with van der Waals surface area (Å²) in [6, 6.07) is 6.16. The third kappa shape index (κ3) is 3.75. The maximum atomic E-state index is 12.6. The van der Waals surface area contributed by atoms with Gasteiger partial charge >= 0.3 is 11.3 Å². The summed E-state index contributed by atoms with van der Waals surface area (Å²) in [6.45, 7) is 1.86. The zero-order valence-electron chi connectivity index (χ0n) is 11.0. The molecule has 1 aromatic rings. The minimum atomic E-state index is -3.95. The Kier molecular flexibility index (Phi) is 4.22. The predicted molar refractivity (Wildman–Crippen MR) is 74.3 cm³/mol. The lowest BCUT2D eigenvalue weighted by Gasteiger charge is -2.19. The molecule has 0 saturated heterocycles. The molecule has 1 aliphatic rings. The van der Waals surface area contributed by atoms with Crippen molar-refractivity contribution in [3.05, 3.63) is 29.8 Å². The third-order valence-corrected chi connectivity index (χ3v) is 3.13. The summed E-state index contributed by atoms with van der Waals surface area (Å²) in [6.07, 6.45) is 0.329. The maximum absolute atomic E-state index is 12.6. The van der Waals surface area contributed by atoms with Crippen molar-refractivity contribution in [3.63, 3.8) is 0 Å². The Balaban J connectivity index is 2.13. The van der Waals surface area contributed by atoms with E-state index in [-0.39, 0.29) is 17.5 Å². The molecule has 21 heavy (non-hydrogen) atoms. The smallest absolute Gasteiger partial charge is 0.320 e. The maximum Gasteiger partial charge on any atom is 0.400 e. The Morgan fingerprint density at radius 1 is 1.43 bits per heavy atom. The molecule has 1 atom stereocenters. The van der Waals surface area contributed by atoms with Crippen molar-refractivity contribution >= 4 is 34.8 Å². The third-order valence-electron chi connectivity index (χ3n) is 2.96. The molecule has 1 unspecified atom stereocenters. The fraction of sp³-hybridized carbons (Fsp3) is 0.308. The van der Waals surface area contributed by atoms with Gasteiger partial charge in [0.25, 0.3) is 0 Å². The topological polar surface area (TPSA) is 70.6 Å².